The third-order valence-electron chi connectivity index (χ3n) is 3.12. The van der Waals surface area contributed by atoms with Crippen molar-refractivity contribution < 1.29 is 0 Å². The first-order valence-electron chi connectivity index (χ1n) is 6.69. The lowest BCUT2D eigenvalue weighted by molar-refractivity contribution is 0.582. The molecule has 1 unspecified atom stereocenters. The topological polar surface area (TPSA) is 43.8 Å². The Morgan fingerprint density at radius 2 is 2.00 bits per heavy atom. The Morgan fingerprint density at radius 1 is 1.26 bits per heavy atom. The monoisotopic (exact) mass is 277 g/mol. The van der Waals surface area contributed by atoms with E-state index in [9.17, 15) is 0 Å². The van der Waals surface area contributed by atoms with Gasteiger partial charge in [0.1, 0.15) is 5.82 Å². The van der Waals surface area contributed by atoms with Gasteiger partial charge in [-0.05, 0) is 30.5 Å². The Hall–Kier alpha value is -1.32. The number of aryl methyl sites for hydroxylation is 1. The molecule has 1 aromatic carbocycles. The molecule has 0 aliphatic heterocycles. The molecule has 3 nitrogen and oxygen atoms in total. The first-order valence-corrected chi connectivity index (χ1v) is 7.07. The minimum Gasteiger partial charge on any atom is -0.335 e. The summed E-state index contributed by atoms with van der Waals surface area (Å²) in [5.74, 6) is 1.07. The standard InChI is InChI=1S/C15H20ClN3/c1-2-8-19-9-7-18-15(19)11-14(17)10-12-3-5-13(16)6-4-12/h3-7,9,14H,2,8,10-11,17H2,1H3. The summed E-state index contributed by atoms with van der Waals surface area (Å²) in [6, 6.07) is 7.95. The Morgan fingerprint density at radius 3 is 2.68 bits per heavy atom. The highest BCUT2D eigenvalue weighted by Crippen LogP contribution is 2.12. The molecule has 2 rings (SSSR count). The number of halogens is 1. The predicted molar refractivity (Wildman–Crippen MR) is 79.4 cm³/mol. The van der Waals surface area contributed by atoms with Gasteiger partial charge in [0.25, 0.3) is 0 Å². The molecule has 0 saturated heterocycles. The van der Waals surface area contributed by atoms with E-state index in [0.717, 1.165) is 36.7 Å². The zero-order valence-corrected chi connectivity index (χ0v) is 12.0. The normalized spacial score (nSPS) is 12.6. The molecular formula is C15H20ClN3. The van der Waals surface area contributed by atoms with Crippen LogP contribution in [-0.4, -0.2) is 15.6 Å². The summed E-state index contributed by atoms with van der Waals surface area (Å²) in [4.78, 5) is 4.39. The predicted octanol–water partition coefficient (Wildman–Crippen LogP) is 3.06. The van der Waals surface area contributed by atoms with Crippen molar-refractivity contribution in [2.24, 2.45) is 5.73 Å². The largest absolute Gasteiger partial charge is 0.335 e. The van der Waals surface area contributed by atoms with Crippen LogP contribution in [0, 0.1) is 0 Å². The summed E-state index contributed by atoms with van der Waals surface area (Å²) in [5.41, 5.74) is 7.43. The molecule has 2 N–H and O–H groups in total. The number of rotatable bonds is 6. The number of hydrogen-bond donors (Lipinski definition) is 1. The van der Waals surface area contributed by atoms with Gasteiger partial charge in [-0.3, -0.25) is 0 Å². The highest BCUT2D eigenvalue weighted by atomic mass is 35.5. The lowest BCUT2D eigenvalue weighted by Gasteiger charge is -2.13. The lowest BCUT2D eigenvalue weighted by atomic mass is 10.0. The van der Waals surface area contributed by atoms with Gasteiger partial charge in [0.2, 0.25) is 0 Å². The van der Waals surface area contributed by atoms with Gasteiger partial charge >= 0.3 is 0 Å². The average Bonchev–Trinajstić information content (AvgIpc) is 2.80. The molecular weight excluding hydrogens is 258 g/mol. The molecule has 0 spiro atoms. The molecule has 0 radical (unpaired) electrons. The van der Waals surface area contributed by atoms with E-state index in [1.165, 1.54) is 5.56 Å². The second-order valence-electron chi connectivity index (χ2n) is 4.83. The van der Waals surface area contributed by atoms with Crippen LogP contribution in [0.4, 0.5) is 0 Å². The van der Waals surface area contributed by atoms with Gasteiger partial charge in [-0.15, -0.1) is 0 Å². The zero-order chi connectivity index (χ0) is 13.7. The fourth-order valence-electron chi connectivity index (χ4n) is 2.20. The van der Waals surface area contributed by atoms with E-state index in [1.54, 1.807) is 0 Å². The minimum absolute atomic E-state index is 0.0826. The summed E-state index contributed by atoms with van der Waals surface area (Å²) < 4.78 is 2.18. The summed E-state index contributed by atoms with van der Waals surface area (Å²) >= 11 is 5.87. The average molecular weight is 278 g/mol. The van der Waals surface area contributed by atoms with E-state index in [-0.39, 0.29) is 6.04 Å². The molecule has 0 fully saturated rings. The van der Waals surface area contributed by atoms with Gasteiger partial charge < -0.3 is 10.3 Å². The third kappa shape index (κ3) is 4.08. The number of hydrogen-bond acceptors (Lipinski definition) is 2. The third-order valence-corrected chi connectivity index (χ3v) is 3.37. The number of benzene rings is 1. The van der Waals surface area contributed by atoms with Crippen LogP contribution in [0.15, 0.2) is 36.7 Å². The summed E-state index contributed by atoms with van der Waals surface area (Å²) in [6.07, 6.45) is 6.62. The van der Waals surface area contributed by atoms with E-state index in [2.05, 4.69) is 16.5 Å². The number of imidazole rings is 1. The van der Waals surface area contributed by atoms with E-state index < -0.39 is 0 Å². The zero-order valence-electron chi connectivity index (χ0n) is 11.2. The van der Waals surface area contributed by atoms with Crippen LogP contribution in [0.25, 0.3) is 0 Å². The second kappa shape index (κ2) is 6.73. The summed E-state index contributed by atoms with van der Waals surface area (Å²) in [5, 5.41) is 0.760. The highest BCUT2D eigenvalue weighted by molar-refractivity contribution is 6.30. The minimum atomic E-state index is 0.0826. The second-order valence-corrected chi connectivity index (χ2v) is 5.27. The van der Waals surface area contributed by atoms with Crippen molar-refractivity contribution in [3.63, 3.8) is 0 Å². The van der Waals surface area contributed by atoms with E-state index in [0.29, 0.717) is 0 Å². The molecule has 102 valence electrons. The van der Waals surface area contributed by atoms with Gasteiger partial charge in [-0.25, -0.2) is 4.98 Å². The van der Waals surface area contributed by atoms with Crippen LogP contribution in [-0.2, 0) is 19.4 Å². The van der Waals surface area contributed by atoms with Crippen LogP contribution in [0.3, 0.4) is 0 Å². The Kier molecular flexibility index (Phi) is 5.00. The molecule has 0 bridgehead atoms. The number of nitrogens with two attached hydrogens (primary N) is 1. The Balaban J connectivity index is 1.95. The molecule has 2 aromatic rings. The van der Waals surface area contributed by atoms with Gasteiger partial charge in [0.05, 0.1) is 0 Å². The maximum atomic E-state index is 6.21. The molecule has 0 aliphatic carbocycles. The van der Waals surface area contributed by atoms with Crippen LogP contribution >= 0.6 is 11.6 Å². The number of aromatic nitrogens is 2. The van der Waals surface area contributed by atoms with Crippen LogP contribution in [0.5, 0.6) is 0 Å². The Labute approximate surface area is 119 Å². The molecule has 0 amide bonds. The highest BCUT2D eigenvalue weighted by Gasteiger charge is 2.09. The van der Waals surface area contributed by atoms with Crippen molar-refractivity contribution in [1.29, 1.82) is 0 Å². The van der Waals surface area contributed by atoms with Crippen molar-refractivity contribution >= 4 is 11.6 Å². The van der Waals surface area contributed by atoms with Crippen molar-refractivity contribution in [3.05, 3.63) is 53.1 Å². The molecule has 19 heavy (non-hydrogen) atoms. The lowest BCUT2D eigenvalue weighted by Crippen LogP contribution is -2.27. The van der Waals surface area contributed by atoms with E-state index >= 15 is 0 Å². The first kappa shape index (κ1) is 14.1. The summed E-state index contributed by atoms with van der Waals surface area (Å²) in [7, 11) is 0. The van der Waals surface area contributed by atoms with Crippen LogP contribution in [0.1, 0.15) is 24.7 Å². The Bertz CT molecular complexity index is 504. The molecule has 1 aromatic heterocycles. The van der Waals surface area contributed by atoms with Crippen LogP contribution < -0.4 is 5.73 Å². The van der Waals surface area contributed by atoms with E-state index in [1.807, 2.05) is 36.7 Å². The van der Waals surface area contributed by atoms with Crippen molar-refractivity contribution in [2.45, 2.75) is 38.8 Å². The van der Waals surface area contributed by atoms with E-state index in [4.69, 9.17) is 17.3 Å². The quantitative estimate of drug-likeness (QED) is 0.882. The maximum Gasteiger partial charge on any atom is 0.110 e. The van der Waals surface area contributed by atoms with Crippen molar-refractivity contribution in [1.82, 2.24) is 9.55 Å². The van der Waals surface area contributed by atoms with Gasteiger partial charge in [0.15, 0.2) is 0 Å². The first-order chi connectivity index (χ1) is 9.19. The smallest absolute Gasteiger partial charge is 0.110 e. The van der Waals surface area contributed by atoms with Crippen molar-refractivity contribution in [2.75, 3.05) is 0 Å². The summed E-state index contributed by atoms with van der Waals surface area (Å²) in [6.45, 7) is 3.17. The molecule has 0 aliphatic rings. The van der Waals surface area contributed by atoms with Crippen molar-refractivity contribution in [3.8, 4) is 0 Å². The van der Waals surface area contributed by atoms with Gasteiger partial charge in [-0.2, -0.15) is 0 Å². The molecule has 1 heterocycles. The van der Waals surface area contributed by atoms with Crippen LogP contribution in [0.2, 0.25) is 5.02 Å². The molecule has 1 atom stereocenters. The molecule has 0 saturated carbocycles. The maximum absolute atomic E-state index is 6.21. The SMILES string of the molecule is CCCn1ccnc1CC(N)Cc1ccc(Cl)cc1. The number of nitrogens with zero attached hydrogens (tertiary/aromatic N) is 2. The fraction of sp³-hybridized carbons (Fsp3) is 0.400. The fourth-order valence-corrected chi connectivity index (χ4v) is 2.33. The van der Waals surface area contributed by atoms with Gasteiger partial charge in [-0.1, -0.05) is 30.7 Å². The van der Waals surface area contributed by atoms with Gasteiger partial charge in [0, 0.05) is 36.4 Å². The molecule has 4 heteroatoms.